The highest BCUT2D eigenvalue weighted by Gasteiger charge is 2.23. The fourth-order valence-electron chi connectivity index (χ4n) is 2.08. The molecule has 1 atom stereocenters. The number of anilines is 1. The molecule has 88 valence electrons. The van der Waals surface area contributed by atoms with E-state index in [1.807, 2.05) is 24.3 Å². The van der Waals surface area contributed by atoms with Crippen molar-refractivity contribution in [2.24, 2.45) is 0 Å². The predicted molar refractivity (Wildman–Crippen MR) is 67.3 cm³/mol. The molecule has 18 heavy (non-hydrogen) atoms. The zero-order valence-electron chi connectivity index (χ0n) is 9.63. The third-order valence-electron chi connectivity index (χ3n) is 2.97. The van der Waals surface area contributed by atoms with Gasteiger partial charge >= 0.3 is 0 Å². The maximum Gasteiger partial charge on any atom is 0.124 e. The molecule has 1 aromatic heterocycles. The topological polar surface area (TPSA) is 57.9 Å². The van der Waals surface area contributed by atoms with Crippen LogP contribution in [0.2, 0.25) is 0 Å². The average molecular weight is 237 g/mol. The average Bonchev–Trinajstić information content (AvgIpc) is 2.83. The summed E-state index contributed by atoms with van der Waals surface area (Å²) in [5, 5.41) is 12.3. The van der Waals surface area contributed by atoms with Crippen LogP contribution in [0.15, 0.2) is 42.7 Å². The largest absolute Gasteiger partial charge is 0.491 e. The number of pyridine rings is 1. The van der Waals surface area contributed by atoms with Gasteiger partial charge in [-0.3, -0.25) is 4.98 Å². The second kappa shape index (κ2) is 4.38. The van der Waals surface area contributed by atoms with Crippen molar-refractivity contribution in [3.63, 3.8) is 0 Å². The molecule has 1 aromatic carbocycles. The Morgan fingerprint density at radius 3 is 3.11 bits per heavy atom. The highest BCUT2D eigenvalue weighted by Crippen LogP contribution is 2.34. The van der Waals surface area contributed by atoms with Crippen molar-refractivity contribution in [3.05, 3.63) is 53.9 Å². The molecule has 3 rings (SSSR count). The van der Waals surface area contributed by atoms with Gasteiger partial charge in [-0.1, -0.05) is 18.2 Å². The Balaban J connectivity index is 1.89. The quantitative estimate of drug-likeness (QED) is 0.871. The Morgan fingerprint density at radius 2 is 2.22 bits per heavy atom. The molecule has 4 nitrogen and oxygen atoms in total. The fourth-order valence-corrected chi connectivity index (χ4v) is 2.08. The lowest BCUT2D eigenvalue weighted by atomic mass is 10.1. The lowest BCUT2D eigenvalue weighted by molar-refractivity contribution is 0.340. The van der Waals surface area contributed by atoms with Gasteiger partial charge in [-0.15, -0.1) is 0 Å². The molecule has 0 amide bonds. The number of para-hydroxylation sites is 1. The summed E-state index contributed by atoms with van der Waals surface area (Å²) in [6.07, 6.45) is 3.28. The molecule has 0 saturated carbocycles. The molecule has 0 fully saturated rings. The number of ether oxygens (including phenoxy) is 1. The molecular formula is C14H11N3O. The van der Waals surface area contributed by atoms with Gasteiger partial charge in [-0.25, -0.2) is 0 Å². The van der Waals surface area contributed by atoms with Crippen molar-refractivity contribution in [1.82, 2.24) is 4.98 Å². The third kappa shape index (κ3) is 1.76. The predicted octanol–water partition coefficient (Wildman–Crippen LogP) is 2.50. The van der Waals surface area contributed by atoms with Crippen LogP contribution >= 0.6 is 0 Å². The highest BCUT2D eigenvalue weighted by molar-refractivity contribution is 5.57. The Bertz CT molecular complexity index is 618. The van der Waals surface area contributed by atoms with E-state index < -0.39 is 0 Å². The number of nitrogens with zero attached hydrogens (tertiary/aromatic N) is 2. The lowest BCUT2D eigenvalue weighted by Gasteiger charge is -2.13. The van der Waals surface area contributed by atoms with E-state index in [-0.39, 0.29) is 6.04 Å². The van der Waals surface area contributed by atoms with E-state index in [0.29, 0.717) is 12.2 Å². The fraction of sp³-hybridized carbons (Fsp3) is 0.143. The van der Waals surface area contributed by atoms with Gasteiger partial charge in [0.05, 0.1) is 23.5 Å². The third-order valence-corrected chi connectivity index (χ3v) is 2.97. The van der Waals surface area contributed by atoms with Crippen LogP contribution in [0.4, 0.5) is 5.69 Å². The Hall–Kier alpha value is -2.54. The maximum absolute atomic E-state index is 9.04. The van der Waals surface area contributed by atoms with Gasteiger partial charge in [0.15, 0.2) is 0 Å². The minimum atomic E-state index is 0.0671. The first-order chi connectivity index (χ1) is 8.88. The van der Waals surface area contributed by atoms with E-state index in [1.165, 1.54) is 0 Å². The molecule has 1 aliphatic heterocycles. The lowest BCUT2D eigenvalue weighted by Crippen LogP contribution is -2.13. The van der Waals surface area contributed by atoms with Crippen molar-refractivity contribution < 1.29 is 4.74 Å². The van der Waals surface area contributed by atoms with Crippen LogP contribution in [0.5, 0.6) is 5.75 Å². The minimum absolute atomic E-state index is 0.0671. The molecule has 1 aliphatic rings. The number of nitriles is 1. The van der Waals surface area contributed by atoms with E-state index in [2.05, 4.69) is 16.4 Å². The zero-order valence-corrected chi connectivity index (χ0v) is 9.63. The summed E-state index contributed by atoms with van der Waals surface area (Å²) in [7, 11) is 0. The summed E-state index contributed by atoms with van der Waals surface area (Å²) in [4.78, 5) is 4.04. The van der Waals surface area contributed by atoms with E-state index in [1.54, 1.807) is 18.5 Å². The summed E-state index contributed by atoms with van der Waals surface area (Å²) < 4.78 is 5.59. The number of hydrogen-bond donors (Lipinski definition) is 1. The van der Waals surface area contributed by atoms with Crippen molar-refractivity contribution >= 4 is 5.69 Å². The normalized spacial score (nSPS) is 16.5. The van der Waals surface area contributed by atoms with Gasteiger partial charge in [0.1, 0.15) is 18.4 Å². The summed E-state index contributed by atoms with van der Waals surface area (Å²) >= 11 is 0. The monoisotopic (exact) mass is 237 g/mol. The molecule has 2 heterocycles. The molecule has 0 aliphatic carbocycles. The molecule has 1 unspecified atom stereocenters. The number of benzene rings is 1. The smallest absolute Gasteiger partial charge is 0.124 e. The molecule has 0 spiro atoms. The Kier molecular flexibility index (Phi) is 2.58. The minimum Gasteiger partial charge on any atom is -0.491 e. The van der Waals surface area contributed by atoms with Gasteiger partial charge < -0.3 is 10.1 Å². The number of hydrogen-bond acceptors (Lipinski definition) is 4. The number of rotatable bonds is 2. The van der Waals surface area contributed by atoms with Gasteiger partial charge in [0, 0.05) is 11.8 Å². The summed E-state index contributed by atoms with van der Waals surface area (Å²) in [5.41, 5.74) is 2.45. The molecule has 2 aromatic rings. The molecular weight excluding hydrogens is 226 g/mol. The molecule has 0 saturated heterocycles. The maximum atomic E-state index is 9.04. The van der Waals surface area contributed by atoms with E-state index >= 15 is 0 Å². The van der Waals surface area contributed by atoms with Crippen LogP contribution in [0, 0.1) is 11.3 Å². The van der Waals surface area contributed by atoms with Crippen molar-refractivity contribution in [2.75, 3.05) is 11.9 Å². The first kappa shape index (κ1) is 10.6. The molecule has 0 bridgehead atoms. The van der Waals surface area contributed by atoms with Gasteiger partial charge in [-0.2, -0.15) is 5.26 Å². The zero-order chi connectivity index (χ0) is 12.4. The number of nitrogens with one attached hydrogen (secondary N) is 1. The van der Waals surface area contributed by atoms with Crippen LogP contribution < -0.4 is 10.1 Å². The van der Waals surface area contributed by atoms with E-state index in [0.717, 1.165) is 17.0 Å². The number of fused-ring (bicyclic) bond motifs is 1. The van der Waals surface area contributed by atoms with Gasteiger partial charge in [0.2, 0.25) is 0 Å². The van der Waals surface area contributed by atoms with Crippen LogP contribution in [-0.2, 0) is 0 Å². The Morgan fingerprint density at radius 1 is 1.33 bits per heavy atom. The standard InChI is InChI=1S/C14H11N3O/c15-7-10-5-6-16-8-12(10)17-13-9-18-14-4-2-1-3-11(13)14/h1-6,8,13,17H,9H2. The van der Waals surface area contributed by atoms with Crippen LogP contribution in [-0.4, -0.2) is 11.6 Å². The van der Waals surface area contributed by atoms with Crippen molar-refractivity contribution in [3.8, 4) is 11.8 Å². The van der Waals surface area contributed by atoms with Crippen molar-refractivity contribution in [2.45, 2.75) is 6.04 Å². The highest BCUT2D eigenvalue weighted by atomic mass is 16.5. The van der Waals surface area contributed by atoms with E-state index in [9.17, 15) is 0 Å². The first-order valence-electron chi connectivity index (χ1n) is 5.71. The molecule has 1 N–H and O–H groups in total. The summed E-state index contributed by atoms with van der Waals surface area (Å²) in [5.74, 6) is 0.900. The summed E-state index contributed by atoms with van der Waals surface area (Å²) in [6.45, 7) is 0.569. The van der Waals surface area contributed by atoms with Crippen molar-refractivity contribution in [1.29, 1.82) is 5.26 Å². The SMILES string of the molecule is N#Cc1ccncc1NC1COc2ccccc21. The summed E-state index contributed by atoms with van der Waals surface area (Å²) in [6, 6.07) is 11.8. The molecule has 4 heteroatoms. The van der Waals surface area contributed by atoms with E-state index in [4.69, 9.17) is 10.00 Å². The Labute approximate surface area is 105 Å². The van der Waals surface area contributed by atoms with Gasteiger partial charge in [-0.05, 0) is 12.1 Å². The molecule has 0 radical (unpaired) electrons. The second-order valence-electron chi connectivity index (χ2n) is 4.08. The number of aromatic nitrogens is 1. The van der Waals surface area contributed by atoms with Crippen LogP contribution in [0.1, 0.15) is 17.2 Å². The second-order valence-corrected chi connectivity index (χ2v) is 4.08. The van der Waals surface area contributed by atoms with Crippen LogP contribution in [0.3, 0.4) is 0 Å². The van der Waals surface area contributed by atoms with Crippen LogP contribution in [0.25, 0.3) is 0 Å². The first-order valence-corrected chi connectivity index (χ1v) is 5.71. The van der Waals surface area contributed by atoms with Gasteiger partial charge in [0.25, 0.3) is 0 Å².